The van der Waals surface area contributed by atoms with Crippen molar-refractivity contribution in [2.75, 3.05) is 24.5 Å². The predicted molar refractivity (Wildman–Crippen MR) is 69.6 cm³/mol. The Morgan fingerprint density at radius 3 is 2.94 bits per heavy atom. The molecule has 1 aliphatic rings. The number of nitrogens with one attached hydrogen (secondary N) is 1. The smallest absolute Gasteiger partial charge is 0.250 e. The lowest BCUT2D eigenvalue weighted by Gasteiger charge is -2.33. The van der Waals surface area contributed by atoms with Gasteiger partial charge in [-0.25, -0.2) is 0 Å². The van der Waals surface area contributed by atoms with E-state index in [1.807, 2.05) is 6.07 Å². The van der Waals surface area contributed by atoms with E-state index < -0.39 is 5.91 Å². The second kappa shape index (κ2) is 4.94. The van der Waals surface area contributed by atoms with Gasteiger partial charge in [0.1, 0.15) is 0 Å². The van der Waals surface area contributed by atoms with Crippen LogP contribution in [0.4, 0.5) is 5.69 Å². The minimum atomic E-state index is -0.491. The van der Waals surface area contributed by atoms with E-state index in [1.165, 1.54) is 0 Å². The molecule has 0 spiro atoms. The number of rotatable bonds is 2. The average molecular weight is 254 g/mol. The molecule has 5 heteroatoms. The number of hydrogen-bond acceptors (Lipinski definition) is 3. The SMILES string of the molecule is C[C@H]1CN(c2ccc(C(N)=O)c(Cl)c2)CCN1. The van der Waals surface area contributed by atoms with Crippen molar-refractivity contribution in [2.45, 2.75) is 13.0 Å². The molecular weight excluding hydrogens is 238 g/mol. The molecule has 1 aromatic rings. The fourth-order valence-corrected chi connectivity index (χ4v) is 2.34. The largest absolute Gasteiger partial charge is 0.369 e. The molecule has 1 fully saturated rings. The molecule has 1 heterocycles. The molecule has 1 aliphatic heterocycles. The summed E-state index contributed by atoms with van der Waals surface area (Å²) in [5.41, 5.74) is 6.63. The third-order valence-corrected chi connectivity index (χ3v) is 3.26. The number of carbonyl (C=O) groups is 1. The minimum absolute atomic E-state index is 0.374. The predicted octanol–water partition coefficient (Wildman–Crippen LogP) is 1.24. The highest BCUT2D eigenvalue weighted by molar-refractivity contribution is 6.34. The first-order valence-corrected chi connectivity index (χ1v) is 6.03. The zero-order valence-electron chi connectivity index (χ0n) is 9.74. The van der Waals surface area contributed by atoms with Crippen LogP contribution in [-0.4, -0.2) is 31.6 Å². The van der Waals surface area contributed by atoms with E-state index in [0.717, 1.165) is 25.3 Å². The highest BCUT2D eigenvalue weighted by Crippen LogP contribution is 2.24. The van der Waals surface area contributed by atoms with Crippen molar-refractivity contribution in [3.05, 3.63) is 28.8 Å². The van der Waals surface area contributed by atoms with Crippen LogP contribution in [-0.2, 0) is 0 Å². The van der Waals surface area contributed by atoms with Gasteiger partial charge in [-0.1, -0.05) is 11.6 Å². The second-order valence-electron chi connectivity index (χ2n) is 4.33. The molecule has 3 N–H and O–H groups in total. The summed E-state index contributed by atoms with van der Waals surface area (Å²) < 4.78 is 0. The molecule has 0 aliphatic carbocycles. The molecule has 1 atom stereocenters. The number of carbonyl (C=O) groups excluding carboxylic acids is 1. The van der Waals surface area contributed by atoms with E-state index in [1.54, 1.807) is 12.1 Å². The summed E-state index contributed by atoms with van der Waals surface area (Å²) in [5.74, 6) is -0.491. The second-order valence-corrected chi connectivity index (χ2v) is 4.74. The lowest BCUT2D eigenvalue weighted by molar-refractivity contribution is 0.100. The van der Waals surface area contributed by atoms with E-state index in [-0.39, 0.29) is 0 Å². The molecule has 1 amide bonds. The Labute approximate surface area is 106 Å². The van der Waals surface area contributed by atoms with Crippen LogP contribution in [0.1, 0.15) is 17.3 Å². The van der Waals surface area contributed by atoms with Crippen molar-refractivity contribution >= 4 is 23.2 Å². The van der Waals surface area contributed by atoms with Crippen LogP contribution in [0, 0.1) is 0 Å². The van der Waals surface area contributed by atoms with Gasteiger partial charge in [0, 0.05) is 31.4 Å². The van der Waals surface area contributed by atoms with Crippen molar-refractivity contribution in [1.82, 2.24) is 5.32 Å². The van der Waals surface area contributed by atoms with Gasteiger partial charge in [-0.3, -0.25) is 4.79 Å². The van der Waals surface area contributed by atoms with Gasteiger partial charge >= 0.3 is 0 Å². The molecule has 4 nitrogen and oxygen atoms in total. The number of piperazine rings is 1. The van der Waals surface area contributed by atoms with Gasteiger partial charge in [-0.05, 0) is 25.1 Å². The maximum atomic E-state index is 11.1. The maximum Gasteiger partial charge on any atom is 0.250 e. The number of nitrogens with two attached hydrogens (primary N) is 1. The van der Waals surface area contributed by atoms with Gasteiger partial charge in [0.25, 0.3) is 0 Å². The van der Waals surface area contributed by atoms with Gasteiger partial charge in [0.05, 0.1) is 10.6 Å². The van der Waals surface area contributed by atoms with Crippen LogP contribution < -0.4 is 16.0 Å². The van der Waals surface area contributed by atoms with Gasteiger partial charge in [-0.15, -0.1) is 0 Å². The number of primary amides is 1. The summed E-state index contributed by atoms with van der Waals surface area (Å²) in [6.07, 6.45) is 0. The van der Waals surface area contributed by atoms with Crippen LogP contribution in [0.3, 0.4) is 0 Å². The van der Waals surface area contributed by atoms with Crippen LogP contribution >= 0.6 is 11.6 Å². The van der Waals surface area contributed by atoms with Crippen LogP contribution in [0.25, 0.3) is 0 Å². The highest BCUT2D eigenvalue weighted by atomic mass is 35.5. The van der Waals surface area contributed by atoms with Crippen molar-refractivity contribution in [3.63, 3.8) is 0 Å². The Bertz CT molecular complexity index is 436. The molecular formula is C12H16ClN3O. The molecule has 1 saturated heterocycles. The van der Waals surface area contributed by atoms with Crippen LogP contribution in [0.15, 0.2) is 18.2 Å². The summed E-state index contributed by atoms with van der Waals surface area (Å²) in [5, 5.41) is 3.79. The first-order chi connectivity index (χ1) is 8.08. The number of nitrogens with zero attached hydrogens (tertiary/aromatic N) is 1. The highest BCUT2D eigenvalue weighted by Gasteiger charge is 2.17. The molecule has 0 bridgehead atoms. The molecule has 0 aromatic heterocycles. The van der Waals surface area contributed by atoms with Crippen molar-refractivity contribution in [3.8, 4) is 0 Å². The Morgan fingerprint density at radius 2 is 2.35 bits per heavy atom. The fourth-order valence-electron chi connectivity index (χ4n) is 2.07. The van der Waals surface area contributed by atoms with Crippen LogP contribution in [0.5, 0.6) is 0 Å². The molecule has 92 valence electrons. The van der Waals surface area contributed by atoms with Gasteiger partial charge in [0.15, 0.2) is 0 Å². The van der Waals surface area contributed by atoms with Crippen molar-refractivity contribution < 1.29 is 4.79 Å². The zero-order valence-corrected chi connectivity index (χ0v) is 10.5. The number of benzene rings is 1. The number of anilines is 1. The topological polar surface area (TPSA) is 58.4 Å². The minimum Gasteiger partial charge on any atom is -0.369 e. The number of amides is 1. The standard InChI is InChI=1S/C12H16ClN3O/c1-8-7-16(5-4-15-8)9-2-3-10(12(14)17)11(13)6-9/h2-3,6,8,15H,4-5,7H2,1H3,(H2,14,17)/t8-/m0/s1. The molecule has 0 saturated carbocycles. The Morgan fingerprint density at radius 1 is 1.59 bits per heavy atom. The monoisotopic (exact) mass is 253 g/mol. The average Bonchev–Trinajstić information content (AvgIpc) is 2.28. The van der Waals surface area contributed by atoms with Gasteiger partial charge < -0.3 is 16.0 Å². The van der Waals surface area contributed by atoms with E-state index >= 15 is 0 Å². The molecule has 1 aromatic carbocycles. The Hall–Kier alpha value is -1.26. The molecule has 17 heavy (non-hydrogen) atoms. The maximum absolute atomic E-state index is 11.1. The summed E-state index contributed by atoms with van der Waals surface area (Å²) in [4.78, 5) is 13.3. The third-order valence-electron chi connectivity index (χ3n) is 2.95. The number of hydrogen-bond donors (Lipinski definition) is 2. The normalized spacial score (nSPS) is 20.4. The molecule has 2 rings (SSSR count). The van der Waals surface area contributed by atoms with E-state index in [2.05, 4.69) is 17.1 Å². The quantitative estimate of drug-likeness (QED) is 0.834. The van der Waals surface area contributed by atoms with E-state index in [0.29, 0.717) is 16.6 Å². The first kappa shape index (κ1) is 12.2. The fraction of sp³-hybridized carbons (Fsp3) is 0.417. The van der Waals surface area contributed by atoms with Gasteiger partial charge in [-0.2, -0.15) is 0 Å². The lowest BCUT2D eigenvalue weighted by atomic mass is 10.1. The zero-order chi connectivity index (χ0) is 12.4. The third kappa shape index (κ3) is 2.70. The molecule has 0 unspecified atom stereocenters. The summed E-state index contributed by atoms with van der Waals surface area (Å²) in [6.45, 7) is 4.98. The van der Waals surface area contributed by atoms with Gasteiger partial charge in [0.2, 0.25) is 5.91 Å². The summed E-state index contributed by atoms with van der Waals surface area (Å²) >= 11 is 6.04. The van der Waals surface area contributed by atoms with E-state index in [4.69, 9.17) is 17.3 Å². The lowest BCUT2D eigenvalue weighted by Crippen LogP contribution is -2.49. The van der Waals surface area contributed by atoms with Crippen LogP contribution in [0.2, 0.25) is 5.02 Å². The Balaban J connectivity index is 2.22. The van der Waals surface area contributed by atoms with Crippen molar-refractivity contribution in [2.24, 2.45) is 5.73 Å². The summed E-state index contributed by atoms with van der Waals surface area (Å²) in [6, 6.07) is 5.84. The number of halogens is 1. The van der Waals surface area contributed by atoms with Crippen molar-refractivity contribution in [1.29, 1.82) is 0 Å². The first-order valence-electron chi connectivity index (χ1n) is 5.65. The molecule has 0 radical (unpaired) electrons. The van der Waals surface area contributed by atoms with E-state index in [9.17, 15) is 4.79 Å². The Kier molecular flexibility index (Phi) is 3.54. The summed E-state index contributed by atoms with van der Waals surface area (Å²) in [7, 11) is 0.